The van der Waals surface area contributed by atoms with Crippen LogP contribution in [0.15, 0.2) is 24.4 Å². The predicted molar refractivity (Wildman–Crippen MR) is 100 cm³/mol. The Morgan fingerprint density at radius 2 is 2.03 bits per heavy atom. The third-order valence-corrected chi connectivity index (χ3v) is 4.70. The molecule has 1 aromatic rings. The molecule has 1 spiro atoms. The van der Waals surface area contributed by atoms with Gasteiger partial charge in [0.2, 0.25) is 11.8 Å². The van der Waals surface area contributed by atoms with Gasteiger partial charge >= 0.3 is 12.1 Å². The smallest absolute Gasteiger partial charge is 0.475 e. The Kier molecular flexibility index (Phi) is 8.02. The molecule has 2 fully saturated rings. The standard InChI is InChI=1S/C17H25N3O3.C2HF3O2/c1-19(2)9-6-16(21)20-12-17(13-20)11-14(7-10-22-17)23-15-5-3-4-8-18-15;3-2(4,5)1(6)7/h3-5,8,14H,6-7,9-13H2,1-2H3;(H,6,7). The number of ether oxygens (including phenoxy) is 2. The van der Waals surface area contributed by atoms with Crippen LogP contribution >= 0.6 is 0 Å². The molecule has 30 heavy (non-hydrogen) atoms. The van der Waals surface area contributed by atoms with Crippen molar-refractivity contribution in [2.24, 2.45) is 0 Å². The van der Waals surface area contributed by atoms with Crippen molar-refractivity contribution in [3.8, 4) is 5.88 Å². The van der Waals surface area contributed by atoms with E-state index >= 15 is 0 Å². The fourth-order valence-corrected chi connectivity index (χ4v) is 3.19. The maximum Gasteiger partial charge on any atom is 0.490 e. The van der Waals surface area contributed by atoms with Gasteiger partial charge in [-0.05, 0) is 20.2 Å². The Hall–Kier alpha value is -2.40. The Balaban J connectivity index is 0.000000396. The third-order valence-electron chi connectivity index (χ3n) is 4.70. The SMILES string of the molecule is CN(C)CCC(=O)N1CC2(CC(Oc3ccccn3)CCO2)C1.O=C(O)C(F)(F)F. The Labute approximate surface area is 172 Å². The summed E-state index contributed by atoms with van der Waals surface area (Å²) in [5, 5.41) is 7.12. The van der Waals surface area contributed by atoms with Crippen molar-refractivity contribution in [3.63, 3.8) is 0 Å². The van der Waals surface area contributed by atoms with Gasteiger partial charge in [-0.2, -0.15) is 13.2 Å². The van der Waals surface area contributed by atoms with E-state index in [2.05, 4.69) is 4.98 Å². The van der Waals surface area contributed by atoms with Gasteiger partial charge in [0.05, 0.1) is 19.7 Å². The van der Waals surface area contributed by atoms with Crippen LogP contribution in [0.2, 0.25) is 0 Å². The lowest BCUT2D eigenvalue weighted by molar-refractivity contribution is -0.193. The monoisotopic (exact) mass is 433 g/mol. The quantitative estimate of drug-likeness (QED) is 0.757. The summed E-state index contributed by atoms with van der Waals surface area (Å²) in [7, 11) is 3.96. The molecule has 168 valence electrons. The first-order chi connectivity index (χ1) is 14.0. The molecule has 11 heteroatoms. The summed E-state index contributed by atoms with van der Waals surface area (Å²) in [4.78, 5) is 29.2. The van der Waals surface area contributed by atoms with Gasteiger partial charge in [0.1, 0.15) is 11.7 Å². The summed E-state index contributed by atoms with van der Waals surface area (Å²) < 4.78 is 43.7. The molecule has 1 aromatic heterocycles. The van der Waals surface area contributed by atoms with E-state index in [4.69, 9.17) is 19.4 Å². The highest BCUT2D eigenvalue weighted by Gasteiger charge is 2.49. The number of carbonyl (C=O) groups is 2. The first kappa shape index (κ1) is 23.9. The second kappa shape index (κ2) is 10.1. The van der Waals surface area contributed by atoms with E-state index in [-0.39, 0.29) is 17.6 Å². The van der Waals surface area contributed by atoms with Crippen LogP contribution in [0.25, 0.3) is 0 Å². The van der Waals surface area contributed by atoms with E-state index < -0.39 is 12.1 Å². The molecule has 1 amide bonds. The fraction of sp³-hybridized carbons (Fsp3) is 0.632. The average Bonchev–Trinajstić information content (AvgIpc) is 2.65. The van der Waals surface area contributed by atoms with Crippen LogP contribution in [0.1, 0.15) is 19.3 Å². The van der Waals surface area contributed by atoms with E-state index in [1.54, 1.807) is 6.20 Å². The maximum absolute atomic E-state index is 12.1. The van der Waals surface area contributed by atoms with Gasteiger partial charge in [0.25, 0.3) is 0 Å². The van der Waals surface area contributed by atoms with Crippen LogP contribution in [0, 0.1) is 0 Å². The number of carboxylic acid groups (broad SMARTS) is 1. The number of likely N-dealkylation sites (tertiary alicyclic amines) is 1. The number of alkyl halides is 3. The summed E-state index contributed by atoms with van der Waals surface area (Å²) in [5.74, 6) is -1.89. The zero-order valence-corrected chi connectivity index (χ0v) is 16.9. The molecule has 1 N–H and O–H groups in total. The lowest BCUT2D eigenvalue weighted by Gasteiger charge is -2.53. The summed E-state index contributed by atoms with van der Waals surface area (Å²) in [6.07, 6.45) is -0.984. The lowest BCUT2D eigenvalue weighted by atomic mass is 9.84. The van der Waals surface area contributed by atoms with E-state index in [0.717, 1.165) is 19.4 Å². The largest absolute Gasteiger partial charge is 0.490 e. The highest BCUT2D eigenvalue weighted by Crippen LogP contribution is 2.35. The van der Waals surface area contributed by atoms with Gasteiger partial charge < -0.3 is 24.4 Å². The Morgan fingerprint density at radius 1 is 1.37 bits per heavy atom. The number of nitrogens with zero attached hydrogens (tertiary/aromatic N) is 3. The van der Waals surface area contributed by atoms with E-state index in [1.807, 2.05) is 42.1 Å². The second-order valence-electron chi connectivity index (χ2n) is 7.54. The maximum atomic E-state index is 12.1. The number of hydrogen-bond acceptors (Lipinski definition) is 6. The van der Waals surface area contributed by atoms with Crippen LogP contribution in [0.3, 0.4) is 0 Å². The Morgan fingerprint density at radius 3 is 2.57 bits per heavy atom. The molecule has 0 radical (unpaired) electrons. The number of aliphatic carboxylic acids is 1. The number of carboxylic acids is 1. The minimum atomic E-state index is -5.08. The average molecular weight is 433 g/mol. The van der Waals surface area contributed by atoms with E-state index in [9.17, 15) is 18.0 Å². The lowest BCUT2D eigenvalue weighted by Crippen LogP contribution is -2.67. The van der Waals surface area contributed by atoms with Crippen molar-refractivity contribution >= 4 is 11.9 Å². The zero-order chi connectivity index (χ0) is 22.4. The summed E-state index contributed by atoms with van der Waals surface area (Å²) >= 11 is 0. The molecule has 2 aliphatic rings. The number of rotatable bonds is 5. The van der Waals surface area contributed by atoms with Crippen LogP contribution in [0.5, 0.6) is 5.88 Å². The number of carbonyl (C=O) groups excluding carboxylic acids is 1. The first-order valence-corrected chi connectivity index (χ1v) is 9.45. The number of aromatic nitrogens is 1. The van der Waals surface area contributed by atoms with Crippen LogP contribution < -0.4 is 4.74 Å². The molecule has 2 saturated heterocycles. The van der Waals surface area contributed by atoms with Gasteiger partial charge in [-0.15, -0.1) is 0 Å². The van der Waals surface area contributed by atoms with Crippen molar-refractivity contribution in [2.75, 3.05) is 40.3 Å². The molecule has 8 nitrogen and oxygen atoms in total. The second-order valence-corrected chi connectivity index (χ2v) is 7.54. The molecule has 0 saturated carbocycles. The normalized spacial score (nSPS) is 20.2. The molecule has 0 bridgehead atoms. The zero-order valence-electron chi connectivity index (χ0n) is 16.9. The number of amides is 1. The topological polar surface area (TPSA) is 92.2 Å². The molecule has 0 aliphatic carbocycles. The molecule has 3 rings (SSSR count). The first-order valence-electron chi connectivity index (χ1n) is 9.45. The fourth-order valence-electron chi connectivity index (χ4n) is 3.19. The molecule has 0 aromatic carbocycles. The van der Waals surface area contributed by atoms with Gasteiger partial charge in [-0.3, -0.25) is 4.79 Å². The number of pyridine rings is 1. The summed E-state index contributed by atoms with van der Waals surface area (Å²) in [6, 6.07) is 5.67. The highest BCUT2D eigenvalue weighted by atomic mass is 19.4. The number of halogens is 3. The highest BCUT2D eigenvalue weighted by molar-refractivity contribution is 5.77. The van der Waals surface area contributed by atoms with Crippen molar-refractivity contribution in [2.45, 2.75) is 37.1 Å². The third kappa shape index (κ3) is 7.13. The van der Waals surface area contributed by atoms with Crippen LogP contribution in [0.4, 0.5) is 13.2 Å². The van der Waals surface area contributed by atoms with E-state index in [0.29, 0.717) is 32.0 Å². The van der Waals surface area contributed by atoms with Crippen molar-refractivity contribution in [1.82, 2.24) is 14.8 Å². The minimum Gasteiger partial charge on any atom is -0.475 e. The Bertz CT molecular complexity index is 709. The molecule has 1 atom stereocenters. The minimum absolute atomic E-state index is 0.109. The van der Waals surface area contributed by atoms with Crippen molar-refractivity contribution < 1.29 is 37.3 Å². The molecule has 3 heterocycles. The molecular formula is C19H26F3N3O5. The van der Waals surface area contributed by atoms with Gasteiger partial charge in [0.15, 0.2) is 0 Å². The van der Waals surface area contributed by atoms with Gasteiger partial charge in [0, 0.05) is 38.1 Å². The molecule has 2 aliphatic heterocycles. The van der Waals surface area contributed by atoms with Crippen molar-refractivity contribution in [1.29, 1.82) is 0 Å². The van der Waals surface area contributed by atoms with Gasteiger partial charge in [-0.25, -0.2) is 9.78 Å². The number of hydrogen-bond donors (Lipinski definition) is 1. The van der Waals surface area contributed by atoms with Crippen molar-refractivity contribution in [3.05, 3.63) is 24.4 Å². The summed E-state index contributed by atoms with van der Waals surface area (Å²) in [5.41, 5.74) is -0.217. The van der Waals surface area contributed by atoms with Crippen LogP contribution in [-0.4, -0.2) is 90.0 Å². The molecular weight excluding hydrogens is 407 g/mol. The van der Waals surface area contributed by atoms with Gasteiger partial charge in [-0.1, -0.05) is 6.07 Å². The van der Waals surface area contributed by atoms with E-state index in [1.165, 1.54) is 0 Å². The molecule has 1 unspecified atom stereocenters. The predicted octanol–water partition coefficient (Wildman–Crippen LogP) is 1.81. The van der Waals surface area contributed by atoms with Crippen LogP contribution in [-0.2, 0) is 14.3 Å². The summed E-state index contributed by atoms with van der Waals surface area (Å²) in [6.45, 7) is 2.83.